The van der Waals surface area contributed by atoms with E-state index in [2.05, 4.69) is 10.6 Å². The maximum Gasteiger partial charge on any atom is 0.325 e. The maximum absolute atomic E-state index is 12.9. The van der Waals surface area contributed by atoms with Gasteiger partial charge in [0.2, 0.25) is 5.91 Å². The standard InChI is InChI=1S/C20H21N3O3S/c1-13-8-10-14(11-9-13)20(2)18(25)23(19(26)22-20)12-17(24)21-15-6-4-5-7-16(15)27-3/h4-11H,12H2,1-3H3,(H,21,24)(H,22,26). The van der Waals surface area contributed by atoms with E-state index in [-0.39, 0.29) is 6.54 Å². The minimum absolute atomic E-state index is 0.338. The summed E-state index contributed by atoms with van der Waals surface area (Å²) in [7, 11) is 0. The number of amides is 4. The van der Waals surface area contributed by atoms with Crippen LogP contribution in [0.15, 0.2) is 53.4 Å². The van der Waals surface area contributed by atoms with Crippen LogP contribution in [-0.4, -0.2) is 35.5 Å². The average molecular weight is 383 g/mol. The van der Waals surface area contributed by atoms with E-state index in [1.54, 1.807) is 13.0 Å². The van der Waals surface area contributed by atoms with Crippen molar-refractivity contribution in [3.05, 3.63) is 59.7 Å². The van der Waals surface area contributed by atoms with Crippen LogP contribution >= 0.6 is 11.8 Å². The third kappa shape index (κ3) is 3.68. The fraction of sp³-hybridized carbons (Fsp3) is 0.250. The van der Waals surface area contributed by atoms with Gasteiger partial charge in [-0.15, -0.1) is 11.8 Å². The molecule has 0 aromatic heterocycles. The third-order valence-corrected chi connectivity index (χ3v) is 5.38. The number of thioether (sulfide) groups is 1. The van der Waals surface area contributed by atoms with Gasteiger partial charge in [0.25, 0.3) is 5.91 Å². The van der Waals surface area contributed by atoms with Crippen LogP contribution in [0.2, 0.25) is 0 Å². The Balaban J connectivity index is 1.75. The van der Waals surface area contributed by atoms with Crippen LogP contribution in [-0.2, 0) is 15.1 Å². The number of carbonyl (C=O) groups excluding carboxylic acids is 3. The highest BCUT2D eigenvalue weighted by Gasteiger charge is 2.49. The largest absolute Gasteiger partial charge is 0.325 e. The molecule has 1 aliphatic heterocycles. The van der Waals surface area contributed by atoms with Crippen molar-refractivity contribution >= 4 is 35.3 Å². The molecule has 1 unspecified atom stereocenters. The predicted molar refractivity (Wildman–Crippen MR) is 106 cm³/mol. The van der Waals surface area contributed by atoms with E-state index in [4.69, 9.17) is 0 Å². The molecule has 0 aliphatic carbocycles. The molecule has 0 saturated carbocycles. The summed E-state index contributed by atoms with van der Waals surface area (Å²) in [6, 6.07) is 14.2. The molecule has 1 aliphatic rings. The molecule has 1 heterocycles. The first-order valence-electron chi connectivity index (χ1n) is 8.49. The Hall–Kier alpha value is -2.80. The molecule has 2 aromatic rings. The van der Waals surface area contributed by atoms with Crippen molar-refractivity contribution in [1.82, 2.24) is 10.2 Å². The van der Waals surface area contributed by atoms with E-state index in [0.29, 0.717) is 11.3 Å². The summed E-state index contributed by atoms with van der Waals surface area (Å²) in [6.45, 7) is 3.26. The molecule has 0 bridgehead atoms. The third-order valence-electron chi connectivity index (χ3n) is 4.59. The summed E-state index contributed by atoms with van der Waals surface area (Å²) in [5, 5.41) is 5.48. The van der Waals surface area contributed by atoms with Gasteiger partial charge in [-0.05, 0) is 37.8 Å². The van der Waals surface area contributed by atoms with Gasteiger partial charge < -0.3 is 10.6 Å². The van der Waals surface area contributed by atoms with Gasteiger partial charge in [0.05, 0.1) is 5.69 Å². The van der Waals surface area contributed by atoms with E-state index in [1.165, 1.54) is 11.8 Å². The molecule has 1 atom stereocenters. The van der Waals surface area contributed by atoms with E-state index < -0.39 is 23.4 Å². The summed E-state index contributed by atoms with van der Waals surface area (Å²) in [5.41, 5.74) is 1.22. The molecule has 4 amide bonds. The normalized spacial score (nSPS) is 19.1. The number of carbonyl (C=O) groups is 3. The van der Waals surface area contributed by atoms with Crippen LogP contribution in [0.25, 0.3) is 0 Å². The van der Waals surface area contributed by atoms with Gasteiger partial charge in [-0.3, -0.25) is 14.5 Å². The summed E-state index contributed by atoms with van der Waals surface area (Å²) in [6.07, 6.45) is 1.91. The lowest BCUT2D eigenvalue weighted by Gasteiger charge is -2.22. The van der Waals surface area contributed by atoms with Gasteiger partial charge in [0.1, 0.15) is 12.1 Å². The Morgan fingerprint density at radius 3 is 2.48 bits per heavy atom. The number of urea groups is 1. The van der Waals surface area contributed by atoms with Crippen LogP contribution in [0, 0.1) is 6.92 Å². The second-order valence-electron chi connectivity index (χ2n) is 6.56. The molecule has 7 heteroatoms. The number of benzene rings is 2. The van der Waals surface area contributed by atoms with E-state index in [9.17, 15) is 14.4 Å². The van der Waals surface area contributed by atoms with Crippen LogP contribution in [0.4, 0.5) is 10.5 Å². The molecule has 3 rings (SSSR count). The van der Waals surface area contributed by atoms with Crippen molar-refractivity contribution in [2.24, 2.45) is 0 Å². The first-order valence-corrected chi connectivity index (χ1v) is 9.72. The monoisotopic (exact) mass is 383 g/mol. The highest BCUT2D eigenvalue weighted by molar-refractivity contribution is 7.98. The SMILES string of the molecule is CSc1ccccc1NC(=O)CN1C(=O)NC(C)(c2ccc(C)cc2)C1=O. The molecule has 140 valence electrons. The van der Waals surface area contributed by atoms with Crippen molar-refractivity contribution in [3.8, 4) is 0 Å². The molecule has 2 N–H and O–H groups in total. The topological polar surface area (TPSA) is 78.5 Å². The number of para-hydroxylation sites is 1. The second kappa shape index (κ2) is 7.44. The summed E-state index contributed by atoms with van der Waals surface area (Å²) in [5.74, 6) is -0.863. The molecule has 0 spiro atoms. The molecule has 0 radical (unpaired) electrons. The summed E-state index contributed by atoms with van der Waals surface area (Å²) >= 11 is 1.50. The van der Waals surface area contributed by atoms with Crippen molar-refractivity contribution in [3.63, 3.8) is 0 Å². The fourth-order valence-electron chi connectivity index (χ4n) is 3.00. The highest BCUT2D eigenvalue weighted by Crippen LogP contribution is 2.29. The molecule has 27 heavy (non-hydrogen) atoms. The maximum atomic E-state index is 12.9. The van der Waals surface area contributed by atoms with Gasteiger partial charge in [-0.25, -0.2) is 4.79 Å². The van der Waals surface area contributed by atoms with E-state index >= 15 is 0 Å². The minimum atomic E-state index is -1.18. The number of hydrogen-bond donors (Lipinski definition) is 2. The molecule has 1 saturated heterocycles. The number of nitrogens with one attached hydrogen (secondary N) is 2. The zero-order valence-corrected chi connectivity index (χ0v) is 16.2. The molecular formula is C20H21N3O3S. The molecule has 2 aromatic carbocycles. The zero-order chi connectivity index (χ0) is 19.6. The number of imide groups is 1. The molecular weight excluding hydrogens is 362 g/mol. The van der Waals surface area contributed by atoms with E-state index in [0.717, 1.165) is 15.4 Å². The Morgan fingerprint density at radius 2 is 1.81 bits per heavy atom. The van der Waals surface area contributed by atoms with Gasteiger partial charge in [-0.2, -0.15) is 0 Å². The summed E-state index contributed by atoms with van der Waals surface area (Å²) < 4.78 is 0. The minimum Gasteiger partial charge on any atom is -0.324 e. The number of hydrogen-bond acceptors (Lipinski definition) is 4. The first kappa shape index (κ1) is 19.0. The lowest BCUT2D eigenvalue weighted by atomic mass is 9.91. The number of nitrogens with zero attached hydrogens (tertiary/aromatic N) is 1. The lowest BCUT2D eigenvalue weighted by molar-refractivity contribution is -0.133. The Kier molecular flexibility index (Phi) is 5.23. The zero-order valence-electron chi connectivity index (χ0n) is 15.4. The van der Waals surface area contributed by atoms with Crippen molar-refractivity contribution in [2.45, 2.75) is 24.3 Å². The van der Waals surface area contributed by atoms with Crippen molar-refractivity contribution in [2.75, 3.05) is 18.1 Å². The van der Waals surface area contributed by atoms with Gasteiger partial charge in [-0.1, -0.05) is 42.0 Å². The fourth-order valence-corrected chi connectivity index (χ4v) is 3.56. The molecule has 6 nitrogen and oxygen atoms in total. The Labute approximate surface area is 162 Å². The predicted octanol–water partition coefficient (Wildman–Crippen LogP) is 3.12. The Bertz CT molecular complexity index is 898. The number of anilines is 1. The van der Waals surface area contributed by atoms with Crippen LogP contribution in [0.1, 0.15) is 18.1 Å². The second-order valence-corrected chi connectivity index (χ2v) is 7.41. The van der Waals surface area contributed by atoms with Crippen LogP contribution in [0.5, 0.6) is 0 Å². The van der Waals surface area contributed by atoms with Crippen molar-refractivity contribution < 1.29 is 14.4 Å². The van der Waals surface area contributed by atoms with Gasteiger partial charge in [0, 0.05) is 4.90 Å². The average Bonchev–Trinajstić information content (AvgIpc) is 2.86. The number of aryl methyl sites for hydroxylation is 1. The highest BCUT2D eigenvalue weighted by atomic mass is 32.2. The lowest BCUT2D eigenvalue weighted by Crippen LogP contribution is -2.42. The van der Waals surface area contributed by atoms with Gasteiger partial charge in [0.15, 0.2) is 0 Å². The quantitative estimate of drug-likeness (QED) is 0.614. The smallest absolute Gasteiger partial charge is 0.324 e. The Morgan fingerprint density at radius 1 is 1.15 bits per heavy atom. The van der Waals surface area contributed by atoms with Crippen LogP contribution < -0.4 is 10.6 Å². The summed E-state index contributed by atoms with van der Waals surface area (Å²) in [4.78, 5) is 39.5. The van der Waals surface area contributed by atoms with Crippen LogP contribution in [0.3, 0.4) is 0 Å². The number of rotatable bonds is 5. The van der Waals surface area contributed by atoms with Crippen molar-refractivity contribution in [1.29, 1.82) is 0 Å². The van der Waals surface area contributed by atoms with Gasteiger partial charge >= 0.3 is 6.03 Å². The molecule has 1 fully saturated rings. The first-order chi connectivity index (χ1) is 12.8. The van der Waals surface area contributed by atoms with E-state index in [1.807, 2.05) is 55.6 Å².